The number of hydrogen-bond donors (Lipinski definition) is 0. The molecule has 0 saturated carbocycles. The van der Waals surface area contributed by atoms with E-state index in [2.05, 4.69) is 0 Å². The summed E-state index contributed by atoms with van der Waals surface area (Å²) in [7, 11) is 0. The van der Waals surface area contributed by atoms with Crippen LogP contribution >= 0.6 is 11.6 Å². The zero-order valence-electron chi connectivity index (χ0n) is 10.5. The summed E-state index contributed by atoms with van der Waals surface area (Å²) in [6.45, 7) is 4.08. The summed E-state index contributed by atoms with van der Waals surface area (Å²) in [5, 5.41) is 0.652. The molecule has 0 fully saturated rings. The van der Waals surface area contributed by atoms with Gasteiger partial charge in [-0.3, -0.25) is 4.79 Å². The molecule has 2 heteroatoms. The SMILES string of the molecule is Cc1cccc(C)c1CC(=O)c1ccc(Cl)cc1. The van der Waals surface area contributed by atoms with Crippen molar-refractivity contribution in [2.24, 2.45) is 0 Å². The Morgan fingerprint density at radius 3 is 2.11 bits per heavy atom. The molecule has 2 aromatic carbocycles. The smallest absolute Gasteiger partial charge is 0.167 e. The fourth-order valence-electron chi connectivity index (χ4n) is 2.03. The monoisotopic (exact) mass is 258 g/mol. The number of carbonyl (C=O) groups excluding carboxylic acids is 1. The molecule has 0 aliphatic rings. The zero-order valence-corrected chi connectivity index (χ0v) is 11.3. The van der Waals surface area contributed by atoms with Gasteiger partial charge < -0.3 is 0 Å². The Morgan fingerprint density at radius 1 is 1.00 bits per heavy atom. The van der Waals surface area contributed by atoms with Gasteiger partial charge in [0.25, 0.3) is 0 Å². The molecule has 0 unspecified atom stereocenters. The zero-order chi connectivity index (χ0) is 13.1. The minimum absolute atomic E-state index is 0.129. The van der Waals surface area contributed by atoms with Crippen molar-refractivity contribution in [2.75, 3.05) is 0 Å². The lowest BCUT2D eigenvalue weighted by molar-refractivity contribution is 0.0992. The van der Waals surface area contributed by atoms with Crippen LogP contribution in [0.1, 0.15) is 27.0 Å². The van der Waals surface area contributed by atoms with Gasteiger partial charge in [0.1, 0.15) is 0 Å². The van der Waals surface area contributed by atoms with Crippen LogP contribution in [0.3, 0.4) is 0 Å². The third kappa shape index (κ3) is 2.80. The van der Waals surface area contributed by atoms with Crippen LogP contribution in [0.5, 0.6) is 0 Å². The fourth-order valence-corrected chi connectivity index (χ4v) is 2.15. The molecule has 0 saturated heterocycles. The third-order valence-electron chi connectivity index (χ3n) is 3.15. The second-order valence-electron chi connectivity index (χ2n) is 4.48. The Bertz CT molecular complexity index is 550. The predicted octanol–water partition coefficient (Wildman–Crippen LogP) is 4.38. The number of ketones is 1. The van der Waals surface area contributed by atoms with Gasteiger partial charge in [-0.2, -0.15) is 0 Å². The standard InChI is InChI=1S/C16H15ClO/c1-11-4-3-5-12(2)15(11)10-16(18)13-6-8-14(17)9-7-13/h3-9H,10H2,1-2H3. The summed E-state index contributed by atoms with van der Waals surface area (Å²) in [5.41, 5.74) is 4.16. The van der Waals surface area contributed by atoms with Crippen molar-refractivity contribution in [3.05, 3.63) is 69.7 Å². The lowest BCUT2D eigenvalue weighted by Gasteiger charge is -2.09. The second kappa shape index (κ2) is 5.36. The number of hydrogen-bond acceptors (Lipinski definition) is 1. The maximum Gasteiger partial charge on any atom is 0.167 e. The van der Waals surface area contributed by atoms with Gasteiger partial charge in [0.15, 0.2) is 5.78 Å². The Hall–Kier alpha value is -1.60. The van der Waals surface area contributed by atoms with Crippen LogP contribution in [0.15, 0.2) is 42.5 Å². The van der Waals surface area contributed by atoms with Crippen LogP contribution < -0.4 is 0 Å². The van der Waals surface area contributed by atoms with E-state index in [1.807, 2.05) is 32.0 Å². The van der Waals surface area contributed by atoms with Crippen LogP contribution in [0.4, 0.5) is 0 Å². The lowest BCUT2D eigenvalue weighted by atomic mass is 9.96. The summed E-state index contributed by atoms with van der Waals surface area (Å²) in [6.07, 6.45) is 0.445. The summed E-state index contributed by atoms with van der Waals surface area (Å²) in [5.74, 6) is 0.129. The maximum absolute atomic E-state index is 12.2. The molecule has 0 N–H and O–H groups in total. The summed E-state index contributed by atoms with van der Waals surface area (Å²) in [6, 6.07) is 13.1. The first-order valence-electron chi connectivity index (χ1n) is 5.92. The Labute approximate surface area is 112 Å². The number of carbonyl (C=O) groups is 1. The maximum atomic E-state index is 12.2. The van der Waals surface area contributed by atoms with Crippen LogP contribution in [0.2, 0.25) is 5.02 Å². The van der Waals surface area contributed by atoms with Crippen molar-refractivity contribution in [1.29, 1.82) is 0 Å². The Morgan fingerprint density at radius 2 is 1.56 bits per heavy atom. The van der Waals surface area contributed by atoms with Crippen molar-refractivity contribution in [3.8, 4) is 0 Å². The molecule has 0 radical (unpaired) electrons. The normalized spacial score (nSPS) is 10.4. The summed E-state index contributed by atoms with van der Waals surface area (Å²) >= 11 is 5.82. The van der Waals surface area contributed by atoms with Gasteiger partial charge in [0.05, 0.1) is 0 Å². The molecule has 0 bridgehead atoms. The van der Waals surface area contributed by atoms with E-state index in [9.17, 15) is 4.79 Å². The number of halogens is 1. The van der Waals surface area contributed by atoms with Gasteiger partial charge in [-0.25, -0.2) is 0 Å². The highest BCUT2D eigenvalue weighted by molar-refractivity contribution is 6.30. The van der Waals surface area contributed by atoms with Crippen molar-refractivity contribution < 1.29 is 4.79 Å². The molecule has 0 aliphatic carbocycles. The Balaban J connectivity index is 2.24. The highest BCUT2D eigenvalue weighted by atomic mass is 35.5. The van der Waals surface area contributed by atoms with E-state index in [4.69, 9.17) is 11.6 Å². The van der Waals surface area contributed by atoms with Gasteiger partial charge in [-0.05, 0) is 54.8 Å². The van der Waals surface area contributed by atoms with Crippen molar-refractivity contribution in [2.45, 2.75) is 20.3 Å². The average Bonchev–Trinajstić information content (AvgIpc) is 2.34. The molecular formula is C16H15ClO. The van der Waals surface area contributed by atoms with Crippen molar-refractivity contribution in [3.63, 3.8) is 0 Å². The minimum atomic E-state index is 0.129. The molecule has 0 heterocycles. The minimum Gasteiger partial charge on any atom is -0.294 e. The van der Waals surface area contributed by atoms with Gasteiger partial charge >= 0.3 is 0 Å². The molecular weight excluding hydrogens is 244 g/mol. The summed E-state index contributed by atoms with van der Waals surface area (Å²) in [4.78, 5) is 12.2. The van der Waals surface area contributed by atoms with Crippen LogP contribution in [-0.4, -0.2) is 5.78 Å². The topological polar surface area (TPSA) is 17.1 Å². The quantitative estimate of drug-likeness (QED) is 0.747. The summed E-state index contributed by atoms with van der Waals surface area (Å²) < 4.78 is 0. The molecule has 0 aliphatic heterocycles. The molecule has 2 aromatic rings. The van der Waals surface area contributed by atoms with Gasteiger partial charge in [-0.15, -0.1) is 0 Å². The van der Waals surface area contributed by atoms with E-state index in [1.54, 1.807) is 24.3 Å². The van der Waals surface area contributed by atoms with Gasteiger partial charge in [-0.1, -0.05) is 29.8 Å². The van der Waals surface area contributed by atoms with Crippen molar-refractivity contribution >= 4 is 17.4 Å². The third-order valence-corrected chi connectivity index (χ3v) is 3.40. The molecule has 1 nitrogen and oxygen atoms in total. The first kappa shape index (κ1) is 12.8. The second-order valence-corrected chi connectivity index (χ2v) is 4.91. The molecule has 0 amide bonds. The number of aryl methyl sites for hydroxylation is 2. The lowest BCUT2D eigenvalue weighted by Crippen LogP contribution is -2.06. The molecule has 0 atom stereocenters. The van der Waals surface area contributed by atoms with Crippen molar-refractivity contribution in [1.82, 2.24) is 0 Å². The van der Waals surface area contributed by atoms with E-state index < -0.39 is 0 Å². The van der Waals surface area contributed by atoms with Crippen LogP contribution in [0.25, 0.3) is 0 Å². The molecule has 2 rings (SSSR count). The van der Waals surface area contributed by atoms with E-state index in [0.717, 1.165) is 16.7 Å². The molecule has 92 valence electrons. The highest BCUT2D eigenvalue weighted by Gasteiger charge is 2.10. The largest absolute Gasteiger partial charge is 0.294 e. The predicted molar refractivity (Wildman–Crippen MR) is 75.4 cm³/mol. The van der Waals surface area contributed by atoms with Gasteiger partial charge in [0.2, 0.25) is 0 Å². The average molecular weight is 259 g/mol. The first-order chi connectivity index (χ1) is 8.58. The van der Waals surface area contributed by atoms with Gasteiger partial charge in [0, 0.05) is 17.0 Å². The van der Waals surface area contributed by atoms with Crippen LogP contribution in [-0.2, 0) is 6.42 Å². The Kier molecular flexibility index (Phi) is 3.83. The number of rotatable bonds is 3. The number of Topliss-reactive ketones (excluding diaryl/α,β-unsaturated/α-hetero) is 1. The fraction of sp³-hybridized carbons (Fsp3) is 0.188. The highest BCUT2D eigenvalue weighted by Crippen LogP contribution is 2.17. The van der Waals surface area contributed by atoms with E-state index in [1.165, 1.54) is 0 Å². The molecule has 18 heavy (non-hydrogen) atoms. The van der Waals surface area contributed by atoms with E-state index in [0.29, 0.717) is 17.0 Å². The van der Waals surface area contributed by atoms with Crippen LogP contribution in [0, 0.1) is 13.8 Å². The molecule has 0 spiro atoms. The first-order valence-corrected chi connectivity index (χ1v) is 6.29. The molecule has 0 aromatic heterocycles. The number of benzene rings is 2. The van der Waals surface area contributed by atoms with E-state index in [-0.39, 0.29) is 5.78 Å². The van der Waals surface area contributed by atoms with E-state index >= 15 is 0 Å².